The Morgan fingerprint density at radius 2 is 2.10 bits per heavy atom. The standard InChI is InChI=1S/C17H25N3O/c1-2-18-16-9-4-3-8-15(16)17(21)20-12-11-19-10-6-5-7-14(19)13-20/h3-4,8-9,14,18H,2,5-7,10-13H2,1H3. The van der Waals surface area contributed by atoms with Crippen LogP contribution in [-0.2, 0) is 0 Å². The molecule has 0 saturated carbocycles. The highest BCUT2D eigenvalue weighted by Crippen LogP contribution is 2.24. The van der Waals surface area contributed by atoms with Crippen molar-refractivity contribution in [3.05, 3.63) is 29.8 Å². The molecule has 3 rings (SSSR count). The van der Waals surface area contributed by atoms with Crippen LogP contribution >= 0.6 is 0 Å². The van der Waals surface area contributed by atoms with Crippen molar-refractivity contribution < 1.29 is 4.79 Å². The predicted molar refractivity (Wildman–Crippen MR) is 85.7 cm³/mol. The van der Waals surface area contributed by atoms with E-state index in [1.807, 2.05) is 29.2 Å². The molecule has 0 aliphatic carbocycles. The molecule has 114 valence electrons. The molecule has 0 aromatic heterocycles. The number of anilines is 1. The fourth-order valence-corrected chi connectivity index (χ4v) is 3.52. The minimum Gasteiger partial charge on any atom is -0.385 e. The third-order valence-corrected chi connectivity index (χ3v) is 4.65. The largest absolute Gasteiger partial charge is 0.385 e. The maximum absolute atomic E-state index is 12.8. The van der Waals surface area contributed by atoms with Gasteiger partial charge in [0, 0.05) is 37.9 Å². The molecule has 1 N–H and O–H groups in total. The van der Waals surface area contributed by atoms with Gasteiger partial charge in [-0.2, -0.15) is 0 Å². The number of rotatable bonds is 3. The summed E-state index contributed by atoms with van der Waals surface area (Å²) in [5.74, 6) is 0.178. The molecule has 0 radical (unpaired) electrons. The number of piperazine rings is 1. The number of benzene rings is 1. The molecule has 1 unspecified atom stereocenters. The quantitative estimate of drug-likeness (QED) is 0.927. The average molecular weight is 287 g/mol. The summed E-state index contributed by atoms with van der Waals surface area (Å²) in [6.07, 6.45) is 3.85. The van der Waals surface area contributed by atoms with Gasteiger partial charge in [0.15, 0.2) is 0 Å². The SMILES string of the molecule is CCNc1ccccc1C(=O)N1CCN2CCCCC2C1. The normalized spacial score (nSPS) is 22.7. The number of piperidine rings is 1. The van der Waals surface area contributed by atoms with Crippen LogP contribution in [0.5, 0.6) is 0 Å². The lowest BCUT2D eigenvalue weighted by Gasteiger charge is -2.44. The van der Waals surface area contributed by atoms with E-state index in [1.54, 1.807) is 0 Å². The minimum atomic E-state index is 0.178. The smallest absolute Gasteiger partial charge is 0.256 e. The van der Waals surface area contributed by atoms with E-state index >= 15 is 0 Å². The number of hydrogen-bond acceptors (Lipinski definition) is 3. The molecule has 2 fully saturated rings. The van der Waals surface area contributed by atoms with Crippen LogP contribution in [0.25, 0.3) is 0 Å². The van der Waals surface area contributed by atoms with E-state index in [-0.39, 0.29) is 5.91 Å². The number of para-hydroxylation sites is 1. The molecule has 2 aliphatic heterocycles. The van der Waals surface area contributed by atoms with Gasteiger partial charge in [-0.05, 0) is 38.4 Å². The zero-order chi connectivity index (χ0) is 14.7. The zero-order valence-corrected chi connectivity index (χ0v) is 12.8. The van der Waals surface area contributed by atoms with Gasteiger partial charge in [0.2, 0.25) is 0 Å². The Morgan fingerprint density at radius 1 is 1.24 bits per heavy atom. The molecule has 2 aliphatic rings. The van der Waals surface area contributed by atoms with Gasteiger partial charge in [0.1, 0.15) is 0 Å². The van der Waals surface area contributed by atoms with Gasteiger partial charge in [-0.1, -0.05) is 18.6 Å². The van der Waals surface area contributed by atoms with Gasteiger partial charge < -0.3 is 10.2 Å². The maximum Gasteiger partial charge on any atom is 0.256 e. The van der Waals surface area contributed by atoms with E-state index in [1.165, 1.54) is 25.8 Å². The lowest BCUT2D eigenvalue weighted by Crippen LogP contribution is -2.56. The zero-order valence-electron chi connectivity index (χ0n) is 12.8. The third-order valence-electron chi connectivity index (χ3n) is 4.65. The molecule has 2 heterocycles. The van der Waals surface area contributed by atoms with E-state index in [2.05, 4.69) is 17.1 Å². The first-order valence-corrected chi connectivity index (χ1v) is 8.16. The Balaban J connectivity index is 1.73. The van der Waals surface area contributed by atoms with Crippen molar-refractivity contribution in [2.24, 2.45) is 0 Å². The van der Waals surface area contributed by atoms with Crippen molar-refractivity contribution >= 4 is 11.6 Å². The van der Waals surface area contributed by atoms with Gasteiger partial charge in [0.25, 0.3) is 5.91 Å². The summed E-state index contributed by atoms with van der Waals surface area (Å²) in [4.78, 5) is 17.4. The van der Waals surface area contributed by atoms with Gasteiger partial charge in [0.05, 0.1) is 5.56 Å². The molecular weight excluding hydrogens is 262 g/mol. The lowest BCUT2D eigenvalue weighted by molar-refractivity contribution is 0.0373. The number of amides is 1. The minimum absolute atomic E-state index is 0.178. The summed E-state index contributed by atoms with van der Waals surface area (Å²) >= 11 is 0. The number of hydrogen-bond donors (Lipinski definition) is 1. The molecule has 21 heavy (non-hydrogen) atoms. The van der Waals surface area contributed by atoms with Gasteiger partial charge in [-0.3, -0.25) is 9.69 Å². The molecule has 1 aromatic carbocycles. The van der Waals surface area contributed by atoms with Crippen LogP contribution in [0.3, 0.4) is 0 Å². The van der Waals surface area contributed by atoms with Crippen molar-refractivity contribution in [2.75, 3.05) is 38.0 Å². The van der Waals surface area contributed by atoms with Crippen LogP contribution in [0.2, 0.25) is 0 Å². The summed E-state index contributed by atoms with van der Waals surface area (Å²) < 4.78 is 0. The van der Waals surface area contributed by atoms with Crippen molar-refractivity contribution in [1.29, 1.82) is 0 Å². The number of nitrogens with one attached hydrogen (secondary N) is 1. The second-order valence-electron chi connectivity index (χ2n) is 6.01. The summed E-state index contributed by atoms with van der Waals surface area (Å²) in [6, 6.07) is 8.43. The number of fused-ring (bicyclic) bond motifs is 1. The molecule has 0 bridgehead atoms. The molecule has 4 nitrogen and oxygen atoms in total. The molecular formula is C17H25N3O. The fraction of sp³-hybridized carbons (Fsp3) is 0.588. The highest BCUT2D eigenvalue weighted by Gasteiger charge is 2.31. The van der Waals surface area contributed by atoms with E-state index in [0.717, 1.165) is 37.4 Å². The van der Waals surface area contributed by atoms with Crippen LogP contribution < -0.4 is 5.32 Å². The first-order valence-electron chi connectivity index (χ1n) is 8.16. The second-order valence-corrected chi connectivity index (χ2v) is 6.01. The summed E-state index contributed by atoms with van der Waals surface area (Å²) in [6.45, 7) is 6.87. The van der Waals surface area contributed by atoms with Gasteiger partial charge in [-0.25, -0.2) is 0 Å². The predicted octanol–water partition coefficient (Wildman–Crippen LogP) is 2.43. The van der Waals surface area contributed by atoms with Crippen LogP contribution in [0, 0.1) is 0 Å². The highest BCUT2D eigenvalue weighted by atomic mass is 16.2. The van der Waals surface area contributed by atoms with Crippen molar-refractivity contribution in [2.45, 2.75) is 32.2 Å². The number of carbonyl (C=O) groups is 1. The first-order chi connectivity index (χ1) is 10.3. The summed E-state index contributed by atoms with van der Waals surface area (Å²) in [5.41, 5.74) is 1.76. The lowest BCUT2D eigenvalue weighted by atomic mass is 9.99. The van der Waals surface area contributed by atoms with Crippen LogP contribution in [0.1, 0.15) is 36.5 Å². The van der Waals surface area contributed by atoms with Gasteiger partial charge in [-0.15, -0.1) is 0 Å². The highest BCUT2D eigenvalue weighted by molar-refractivity contribution is 5.99. The van der Waals surface area contributed by atoms with Crippen LogP contribution in [0.15, 0.2) is 24.3 Å². The molecule has 1 atom stereocenters. The first kappa shape index (κ1) is 14.4. The molecule has 0 spiro atoms. The fourth-order valence-electron chi connectivity index (χ4n) is 3.52. The Labute approximate surface area is 127 Å². The third kappa shape index (κ3) is 3.05. The van der Waals surface area contributed by atoms with E-state index < -0.39 is 0 Å². The van der Waals surface area contributed by atoms with E-state index in [4.69, 9.17) is 0 Å². The monoisotopic (exact) mass is 287 g/mol. The number of nitrogens with zero attached hydrogens (tertiary/aromatic N) is 2. The van der Waals surface area contributed by atoms with E-state index in [9.17, 15) is 4.79 Å². The van der Waals surface area contributed by atoms with E-state index in [0.29, 0.717) is 6.04 Å². The van der Waals surface area contributed by atoms with Crippen molar-refractivity contribution in [1.82, 2.24) is 9.80 Å². The average Bonchev–Trinajstić information content (AvgIpc) is 2.54. The van der Waals surface area contributed by atoms with Gasteiger partial charge >= 0.3 is 0 Å². The molecule has 1 aromatic rings. The molecule has 1 amide bonds. The second kappa shape index (κ2) is 6.48. The summed E-state index contributed by atoms with van der Waals surface area (Å²) in [7, 11) is 0. The van der Waals surface area contributed by atoms with Crippen molar-refractivity contribution in [3.8, 4) is 0 Å². The maximum atomic E-state index is 12.8. The Hall–Kier alpha value is -1.55. The Bertz CT molecular complexity index is 503. The Morgan fingerprint density at radius 3 is 2.95 bits per heavy atom. The van der Waals surface area contributed by atoms with Crippen LogP contribution in [0.4, 0.5) is 5.69 Å². The van der Waals surface area contributed by atoms with Crippen molar-refractivity contribution in [3.63, 3.8) is 0 Å². The van der Waals surface area contributed by atoms with Crippen LogP contribution in [-0.4, -0.2) is 54.5 Å². The summed E-state index contributed by atoms with van der Waals surface area (Å²) in [5, 5.41) is 3.29. The number of carbonyl (C=O) groups excluding carboxylic acids is 1. The molecule has 2 saturated heterocycles. The molecule has 4 heteroatoms. The Kier molecular flexibility index (Phi) is 4.44. The topological polar surface area (TPSA) is 35.6 Å².